The van der Waals surface area contributed by atoms with Crippen molar-refractivity contribution in [3.8, 4) is 43.9 Å². The molecular weight excluding hydrogens is 392 g/mol. The molecule has 0 amide bonds. The Labute approximate surface area is 169 Å². The van der Waals surface area contributed by atoms with Gasteiger partial charge in [0.15, 0.2) is 23.0 Å². The lowest BCUT2D eigenvalue weighted by Gasteiger charge is -2.18. The summed E-state index contributed by atoms with van der Waals surface area (Å²) in [5.74, 6) is 3.38. The third kappa shape index (κ3) is 2.41. The van der Waals surface area contributed by atoms with Gasteiger partial charge in [-0.05, 0) is 10.8 Å². The van der Waals surface area contributed by atoms with Crippen LogP contribution in [0.4, 0.5) is 0 Å². The van der Waals surface area contributed by atoms with Crippen molar-refractivity contribution in [3.63, 3.8) is 0 Å². The molecule has 0 saturated heterocycles. The number of hydrogen-bond donors (Lipinski definition) is 0. The average Bonchev–Trinajstić information content (AvgIpc) is 3.37. The molecule has 4 nitrogen and oxygen atoms in total. The van der Waals surface area contributed by atoms with Crippen LogP contribution < -0.4 is 18.9 Å². The molecular formula is C22H16O4S2. The molecule has 28 heavy (non-hydrogen) atoms. The van der Waals surface area contributed by atoms with Gasteiger partial charge in [0.05, 0.1) is 9.75 Å². The van der Waals surface area contributed by atoms with E-state index >= 15 is 0 Å². The third-order valence-corrected chi connectivity index (χ3v) is 6.94. The van der Waals surface area contributed by atoms with Crippen LogP contribution in [0.1, 0.15) is 0 Å². The van der Waals surface area contributed by atoms with E-state index in [-0.39, 0.29) is 0 Å². The number of rotatable bonds is 2. The van der Waals surface area contributed by atoms with Gasteiger partial charge in [0.2, 0.25) is 0 Å². The van der Waals surface area contributed by atoms with Crippen LogP contribution in [0.2, 0.25) is 0 Å². The van der Waals surface area contributed by atoms with Crippen molar-refractivity contribution in [1.82, 2.24) is 0 Å². The summed E-state index contributed by atoms with van der Waals surface area (Å²) in [6, 6.07) is 12.8. The Morgan fingerprint density at radius 3 is 1.64 bits per heavy atom. The fraction of sp³-hybridized carbons (Fsp3) is 0.182. The van der Waals surface area contributed by atoms with Gasteiger partial charge in [-0.25, -0.2) is 0 Å². The molecule has 0 fully saturated rings. The first-order valence-corrected chi connectivity index (χ1v) is 10.9. The Morgan fingerprint density at radius 1 is 0.607 bits per heavy atom. The lowest BCUT2D eigenvalue weighted by Crippen LogP contribution is -2.14. The van der Waals surface area contributed by atoms with Crippen LogP contribution in [0.5, 0.6) is 23.0 Å². The van der Waals surface area contributed by atoms with Gasteiger partial charge in [-0.3, -0.25) is 0 Å². The number of fused-ring (bicyclic) bond motifs is 3. The van der Waals surface area contributed by atoms with E-state index < -0.39 is 0 Å². The first-order chi connectivity index (χ1) is 13.9. The molecule has 2 aliphatic rings. The molecule has 0 N–H and O–H groups in total. The summed E-state index contributed by atoms with van der Waals surface area (Å²) in [6.07, 6.45) is 0. The van der Waals surface area contributed by atoms with Crippen LogP contribution in [0.3, 0.4) is 0 Å². The van der Waals surface area contributed by atoms with Crippen LogP contribution in [-0.4, -0.2) is 26.4 Å². The molecule has 0 spiro atoms. The third-order valence-electron chi connectivity index (χ3n) is 5.00. The highest BCUT2D eigenvalue weighted by Gasteiger charge is 2.25. The van der Waals surface area contributed by atoms with Crippen molar-refractivity contribution in [3.05, 3.63) is 47.2 Å². The quantitative estimate of drug-likeness (QED) is 0.418. The second-order valence-corrected chi connectivity index (χ2v) is 8.38. The van der Waals surface area contributed by atoms with Crippen molar-refractivity contribution in [2.45, 2.75) is 0 Å². The van der Waals surface area contributed by atoms with E-state index in [4.69, 9.17) is 18.9 Å². The molecule has 0 bridgehead atoms. The van der Waals surface area contributed by atoms with Gasteiger partial charge < -0.3 is 18.9 Å². The van der Waals surface area contributed by atoms with Gasteiger partial charge in [0.25, 0.3) is 0 Å². The van der Waals surface area contributed by atoms with Crippen molar-refractivity contribution in [1.29, 1.82) is 0 Å². The zero-order valence-corrected chi connectivity index (χ0v) is 16.5. The predicted molar refractivity (Wildman–Crippen MR) is 113 cm³/mol. The summed E-state index contributed by atoms with van der Waals surface area (Å²) in [5.41, 5.74) is 2.31. The molecule has 0 unspecified atom stereocenters. The summed E-state index contributed by atoms with van der Waals surface area (Å²) in [6.45, 7) is 2.36. The Hall–Kier alpha value is -2.70. The topological polar surface area (TPSA) is 36.9 Å². The maximum atomic E-state index is 5.96. The van der Waals surface area contributed by atoms with Gasteiger partial charge in [0.1, 0.15) is 26.4 Å². The van der Waals surface area contributed by atoms with Gasteiger partial charge in [-0.15, -0.1) is 22.7 Å². The van der Waals surface area contributed by atoms with Crippen LogP contribution in [0.25, 0.3) is 31.7 Å². The molecule has 0 radical (unpaired) electrons. The first kappa shape index (κ1) is 16.3. The lowest BCUT2D eigenvalue weighted by atomic mass is 9.96. The largest absolute Gasteiger partial charge is 0.485 e. The summed E-state index contributed by atoms with van der Waals surface area (Å²) in [4.78, 5) is 2.21. The SMILES string of the molecule is c1cc(-c2scc3c2OCCO3)c2c(-c3scc4c3OCCO4)cccc2c1. The normalized spacial score (nSPS) is 15.0. The van der Waals surface area contributed by atoms with Crippen LogP contribution in [0.15, 0.2) is 47.2 Å². The van der Waals surface area contributed by atoms with E-state index in [1.165, 1.54) is 10.8 Å². The highest BCUT2D eigenvalue weighted by molar-refractivity contribution is 7.15. The van der Waals surface area contributed by atoms with Crippen LogP contribution in [-0.2, 0) is 0 Å². The van der Waals surface area contributed by atoms with E-state index in [1.54, 1.807) is 22.7 Å². The molecule has 0 atom stereocenters. The van der Waals surface area contributed by atoms with Gasteiger partial charge >= 0.3 is 0 Å². The number of thiophene rings is 2. The molecule has 4 aromatic rings. The molecule has 4 heterocycles. The zero-order chi connectivity index (χ0) is 18.5. The second-order valence-electron chi connectivity index (χ2n) is 6.62. The number of hydrogen-bond acceptors (Lipinski definition) is 6. The van der Waals surface area contributed by atoms with E-state index in [2.05, 4.69) is 36.4 Å². The van der Waals surface area contributed by atoms with E-state index in [0.717, 1.165) is 43.9 Å². The summed E-state index contributed by atoms with van der Waals surface area (Å²) in [7, 11) is 0. The number of ether oxygens (including phenoxy) is 4. The minimum absolute atomic E-state index is 0.581. The molecule has 6 rings (SSSR count). The Kier molecular flexibility index (Phi) is 3.74. The Balaban J connectivity index is 1.62. The molecule has 0 aliphatic carbocycles. The highest BCUT2D eigenvalue weighted by Crippen LogP contribution is 2.52. The van der Waals surface area contributed by atoms with Crippen molar-refractivity contribution in [2.24, 2.45) is 0 Å². The lowest BCUT2D eigenvalue weighted by molar-refractivity contribution is 0.174. The number of benzene rings is 2. The first-order valence-electron chi connectivity index (χ1n) is 9.17. The molecule has 140 valence electrons. The molecule has 2 aromatic heterocycles. The minimum Gasteiger partial charge on any atom is -0.485 e. The molecule has 0 saturated carbocycles. The summed E-state index contributed by atoms with van der Waals surface area (Å²) < 4.78 is 23.5. The van der Waals surface area contributed by atoms with Crippen molar-refractivity contribution in [2.75, 3.05) is 26.4 Å². The maximum Gasteiger partial charge on any atom is 0.179 e. The van der Waals surface area contributed by atoms with Gasteiger partial charge in [-0.2, -0.15) is 0 Å². The fourth-order valence-corrected chi connectivity index (χ4v) is 5.74. The van der Waals surface area contributed by atoms with E-state index in [9.17, 15) is 0 Å². The monoisotopic (exact) mass is 408 g/mol. The van der Waals surface area contributed by atoms with E-state index in [1.807, 2.05) is 10.8 Å². The van der Waals surface area contributed by atoms with Crippen molar-refractivity contribution >= 4 is 33.4 Å². The Bertz CT molecular complexity index is 1100. The fourth-order valence-electron chi connectivity index (χ4n) is 3.82. The molecule has 2 aromatic carbocycles. The minimum atomic E-state index is 0.581. The van der Waals surface area contributed by atoms with Crippen molar-refractivity contribution < 1.29 is 18.9 Å². The highest BCUT2D eigenvalue weighted by atomic mass is 32.1. The molecule has 6 heteroatoms. The van der Waals surface area contributed by atoms with Gasteiger partial charge in [0, 0.05) is 21.9 Å². The maximum absolute atomic E-state index is 5.96. The molecule has 2 aliphatic heterocycles. The van der Waals surface area contributed by atoms with Crippen LogP contribution >= 0.6 is 22.7 Å². The zero-order valence-electron chi connectivity index (χ0n) is 14.9. The summed E-state index contributed by atoms with van der Waals surface area (Å²) in [5, 5.41) is 6.46. The second kappa shape index (κ2) is 6.43. The predicted octanol–water partition coefficient (Wildman–Crippen LogP) is 5.84. The average molecular weight is 409 g/mol. The van der Waals surface area contributed by atoms with Crippen LogP contribution in [0, 0.1) is 0 Å². The van der Waals surface area contributed by atoms with Gasteiger partial charge in [-0.1, -0.05) is 36.4 Å². The summed E-state index contributed by atoms with van der Waals surface area (Å²) >= 11 is 3.33. The van der Waals surface area contributed by atoms with E-state index in [0.29, 0.717) is 26.4 Å². The standard InChI is InChI=1S/C22H16O4S2/c1-3-13-4-2-6-15(22-20-17(12-28-22)24-8-10-26-20)18(13)14(5-1)21-19-16(11-27-21)23-7-9-25-19/h1-6,11-12H,7-10H2. The Morgan fingerprint density at radius 2 is 1.11 bits per heavy atom. The smallest absolute Gasteiger partial charge is 0.179 e.